The van der Waals surface area contributed by atoms with Crippen LogP contribution in [0.4, 0.5) is 0 Å². The molecule has 0 fully saturated rings. The van der Waals surface area contributed by atoms with Crippen molar-refractivity contribution in [1.29, 1.82) is 0 Å². The molecule has 0 radical (unpaired) electrons. The lowest BCUT2D eigenvalue weighted by Gasteiger charge is -2.11. The number of benzene rings is 1. The molecule has 1 N–H and O–H groups in total. The van der Waals surface area contributed by atoms with Gasteiger partial charge in [0.25, 0.3) is 5.91 Å². The van der Waals surface area contributed by atoms with Crippen LogP contribution >= 0.6 is 11.6 Å². The fourth-order valence-electron chi connectivity index (χ4n) is 1.51. The standard InChI is InChI=1S/C13H18ClNO3S/c1-10(7-8-14)9-15-13(16)11-3-5-12(6-4-11)19(2,17)18/h3-6,10H,7-9H2,1-2H3,(H,15,16). The zero-order valence-corrected chi connectivity index (χ0v) is 12.6. The molecule has 0 aromatic heterocycles. The van der Waals surface area contributed by atoms with Crippen LogP contribution in [0.1, 0.15) is 23.7 Å². The van der Waals surface area contributed by atoms with Crippen LogP contribution in [0.15, 0.2) is 29.2 Å². The van der Waals surface area contributed by atoms with Crippen LogP contribution < -0.4 is 5.32 Å². The van der Waals surface area contributed by atoms with Gasteiger partial charge in [-0.2, -0.15) is 0 Å². The van der Waals surface area contributed by atoms with Gasteiger partial charge in [0.2, 0.25) is 0 Å². The first kappa shape index (κ1) is 16.0. The zero-order chi connectivity index (χ0) is 14.5. The Hall–Kier alpha value is -1.07. The fraction of sp³-hybridized carbons (Fsp3) is 0.462. The topological polar surface area (TPSA) is 63.2 Å². The van der Waals surface area contributed by atoms with Gasteiger partial charge >= 0.3 is 0 Å². The van der Waals surface area contributed by atoms with Gasteiger partial charge in [0, 0.05) is 24.2 Å². The van der Waals surface area contributed by atoms with Gasteiger partial charge in [-0.05, 0) is 36.6 Å². The fourth-order valence-corrected chi connectivity index (χ4v) is 2.51. The van der Waals surface area contributed by atoms with Crippen LogP contribution in [0, 0.1) is 5.92 Å². The summed E-state index contributed by atoms with van der Waals surface area (Å²) in [5.41, 5.74) is 0.450. The molecule has 1 atom stereocenters. The van der Waals surface area contributed by atoms with E-state index in [4.69, 9.17) is 11.6 Å². The first-order valence-electron chi connectivity index (χ1n) is 5.99. The van der Waals surface area contributed by atoms with Crippen molar-refractivity contribution in [3.8, 4) is 0 Å². The highest BCUT2D eigenvalue weighted by atomic mass is 35.5. The summed E-state index contributed by atoms with van der Waals surface area (Å²) in [5.74, 6) is 0.679. The number of nitrogens with one attached hydrogen (secondary N) is 1. The third kappa shape index (κ3) is 5.20. The Labute approximate surface area is 119 Å². The molecule has 1 aromatic carbocycles. The molecule has 0 aliphatic rings. The lowest BCUT2D eigenvalue weighted by molar-refractivity contribution is 0.0947. The molecule has 1 aromatic rings. The molecule has 0 saturated carbocycles. The normalized spacial score (nSPS) is 13.0. The van der Waals surface area contributed by atoms with Gasteiger partial charge in [-0.15, -0.1) is 11.6 Å². The number of halogens is 1. The van der Waals surface area contributed by atoms with Gasteiger partial charge in [-0.25, -0.2) is 8.42 Å². The third-order valence-electron chi connectivity index (χ3n) is 2.76. The average molecular weight is 304 g/mol. The number of amides is 1. The van der Waals surface area contributed by atoms with Gasteiger partial charge in [-0.1, -0.05) is 6.92 Å². The predicted octanol–water partition coefficient (Wildman–Crippen LogP) is 2.08. The average Bonchev–Trinajstić information content (AvgIpc) is 2.35. The van der Waals surface area contributed by atoms with Crippen molar-refractivity contribution in [1.82, 2.24) is 5.32 Å². The van der Waals surface area contributed by atoms with E-state index in [-0.39, 0.29) is 10.8 Å². The van der Waals surface area contributed by atoms with E-state index in [9.17, 15) is 13.2 Å². The molecule has 19 heavy (non-hydrogen) atoms. The van der Waals surface area contributed by atoms with Crippen molar-refractivity contribution in [3.05, 3.63) is 29.8 Å². The molecule has 6 heteroatoms. The quantitative estimate of drug-likeness (QED) is 0.818. The van der Waals surface area contributed by atoms with Gasteiger partial charge in [-0.3, -0.25) is 4.79 Å². The van der Waals surface area contributed by atoms with Crippen LogP contribution in [-0.4, -0.2) is 33.0 Å². The van der Waals surface area contributed by atoms with Crippen LogP contribution in [-0.2, 0) is 9.84 Å². The molecule has 1 rings (SSSR count). The van der Waals surface area contributed by atoms with Gasteiger partial charge in [0.15, 0.2) is 9.84 Å². The van der Waals surface area contributed by atoms with E-state index < -0.39 is 9.84 Å². The summed E-state index contributed by atoms with van der Waals surface area (Å²) < 4.78 is 22.6. The van der Waals surface area contributed by atoms with Gasteiger partial charge < -0.3 is 5.32 Å². The molecule has 0 saturated heterocycles. The van der Waals surface area contributed by atoms with Crippen LogP contribution in [0.3, 0.4) is 0 Å². The van der Waals surface area contributed by atoms with Crippen molar-refractivity contribution in [2.24, 2.45) is 5.92 Å². The van der Waals surface area contributed by atoms with E-state index in [2.05, 4.69) is 5.32 Å². The van der Waals surface area contributed by atoms with E-state index in [0.717, 1.165) is 12.7 Å². The molecule has 0 heterocycles. The van der Waals surface area contributed by atoms with Crippen LogP contribution in [0.2, 0.25) is 0 Å². The Kier molecular flexibility index (Phi) is 5.82. The van der Waals surface area contributed by atoms with Crippen molar-refractivity contribution in [2.45, 2.75) is 18.2 Å². The molecule has 106 valence electrons. The molecule has 1 amide bonds. The number of sulfone groups is 1. The lowest BCUT2D eigenvalue weighted by atomic mass is 10.1. The molecule has 1 unspecified atom stereocenters. The largest absolute Gasteiger partial charge is 0.352 e. The summed E-state index contributed by atoms with van der Waals surface area (Å²) in [6.45, 7) is 2.56. The maximum Gasteiger partial charge on any atom is 0.251 e. The van der Waals surface area contributed by atoms with Crippen molar-refractivity contribution >= 4 is 27.3 Å². The van der Waals surface area contributed by atoms with E-state index in [1.54, 1.807) is 0 Å². The summed E-state index contributed by atoms with van der Waals surface area (Å²) in [6.07, 6.45) is 1.98. The summed E-state index contributed by atoms with van der Waals surface area (Å²) in [4.78, 5) is 12.0. The highest BCUT2D eigenvalue weighted by molar-refractivity contribution is 7.90. The number of hydrogen-bond donors (Lipinski definition) is 1. The SMILES string of the molecule is CC(CCCl)CNC(=O)c1ccc(S(C)(=O)=O)cc1. The Morgan fingerprint density at radius 1 is 1.32 bits per heavy atom. The van der Waals surface area contributed by atoms with E-state index in [1.165, 1.54) is 24.3 Å². The second kappa shape index (κ2) is 6.91. The summed E-state index contributed by atoms with van der Waals surface area (Å²) in [5, 5.41) is 2.79. The number of alkyl halides is 1. The molecule has 4 nitrogen and oxygen atoms in total. The Morgan fingerprint density at radius 3 is 2.37 bits per heavy atom. The number of hydrogen-bond acceptors (Lipinski definition) is 3. The molecule has 0 bridgehead atoms. The van der Waals surface area contributed by atoms with Crippen LogP contribution in [0.5, 0.6) is 0 Å². The summed E-state index contributed by atoms with van der Waals surface area (Å²) in [6, 6.07) is 5.90. The maximum atomic E-state index is 11.8. The summed E-state index contributed by atoms with van der Waals surface area (Å²) in [7, 11) is -3.22. The number of rotatable bonds is 6. The number of carbonyl (C=O) groups is 1. The lowest BCUT2D eigenvalue weighted by Crippen LogP contribution is -2.28. The minimum Gasteiger partial charge on any atom is -0.352 e. The predicted molar refractivity (Wildman–Crippen MR) is 76.4 cm³/mol. The highest BCUT2D eigenvalue weighted by Gasteiger charge is 2.10. The van der Waals surface area contributed by atoms with E-state index in [1.807, 2.05) is 6.92 Å². The van der Waals surface area contributed by atoms with Gasteiger partial charge in [0.05, 0.1) is 4.90 Å². The van der Waals surface area contributed by atoms with Crippen molar-refractivity contribution < 1.29 is 13.2 Å². The first-order chi connectivity index (χ1) is 8.84. The minimum atomic E-state index is -3.22. The molecule has 0 aliphatic carbocycles. The smallest absolute Gasteiger partial charge is 0.251 e. The Morgan fingerprint density at radius 2 is 1.89 bits per heavy atom. The Bertz CT molecular complexity index is 525. The molecule has 0 aliphatic heterocycles. The van der Waals surface area contributed by atoms with Crippen LogP contribution in [0.25, 0.3) is 0 Å². The monoisotopic (exact) mass is 303 g/mol. The zero-order valence-electron chi connectivity index (χ0n) is 11.0. The Balaban J connectivity index is 2.64. The van der Waals surface area contributed by atoms with Crippen molar-refractivity contribution in [3.63, 3.8) is 0 Å². The number of carbonyl (C=O) groups excluding carboxylic acids is 1. The second-order valence-corrected chi connectivity index (χ2v) is 6.98. The minimum absolute atomic E-state index is 0.207. The molecule has 0 spiro atoms. The van der Waals surface area contributed by atoms with E-state index in [0.29, 0.717) is 23.9 Å². The molecular weight excluding hydrogens is 286 g/mol. The second-order valence-electron chi connectivity index (χ2n) is 4.59. The first-order valence-corrected chi connectivity index (χ1v) is 8.41. The summed E-state index contributed by atoms with van der Waals surface area (Å²) >= 11 is 5.62. The van der Waals surface area contributed by atoms with E-state index >= 15 is 0 Å². The van der Waals surface area contributed by atoms with Gasteiger partial charge in [0.1, 0.15) is 0 Å². The molecular formula is C13H18ClNO3S. The highest BCUT2D eigenvalue weighted by Crippen LogP contribution is 2.10. The third-order valence-corrected chi connectivity index (χ3v) is 4.10. The maximum absolute atomic E-state index is 11.8. The van der Waals surface area contributed by atoms with Crippen molar-refractivity contribution in [2.75, 3.05) is 18.7 Å².